The zero-order chi connectivity index (χ0) is 10.6. The molecule has 0 atom stereocenters. The van der Waals surface area contributed by atoms with Gasteiger partial charge in [0.2, 0.25) is 0 Å². The summed E-state index contributed by atoms with van der Waals surface area (Å²) in [4.78, 5) is 0. The Balaban J connectivity index is 3.23. The maximum absolute atomic E-state index is 5.05. The van der Waals surface area contributed by atoms with E-state index in [0.717, 1.165) is 19.3 Å². The molecule has 0 saturated carbocycles. The average Bonchev–Trinajstić information content (AvgIpc) is 2.22. The van der Waals surface area contributed by atoms with Gasteiger partial charge in [0.15, 0.2) is 13.1 Å². The first kappa shape index (κ1) is 13.4. The van der Waals surface area contributed by atoms with E-state index in [1.54, 1.807) is 27.6 Å². The molecule has 0 aliphatic heterocycles. The number of ether oxygens (including phenoxy) is 4. The predicted molar refractivity (Wildman–Crippen MR) is 53.8 cm³/mol. The first-order valence-corrected chi connectivity index (χ1v) is 4.66. The van der Waals surface area contributed by atoms with Gasteiger partial charge in [0.1, 0.15) is 0 Å². The number of unbranched alkanes of at least 4 members (excludes halogenated alkanes) is 1. The van der Waals surface area contributed by atoms with Crippen molar-refractivity contribution in [1.82, 2.24) is 0 Å². The lowest BCUT2D eigenvalue weighted by molar-refractivity contribution is -0.106. The molecule has 0 fully saturated rings. The molecule has 0 heterocycles. The Bertz CT molecular complexity index is 132. The fourth-order valence-electron chi connectivity index (χ4n) is 0.978. The molecule has 0 aliphatic rings. The summed E-state index contributed by atoms with van der Waals surface area (Å²) in [6, 6.07) is 0. The SMILES string of the molecule is COCOC=CCCCC(OC)OC. The van der Waals surface area contributed by atoms with E-state index in [0.29, 0.717) is 6.79 Å². The molecule has 0 amide bonds. The van der Waals surface area contributed by atoms with E-state index in [4.69, 9.17) is 18.9 Å². The van der Waals surface area contributed by atoms with Crippen LogP contribution in [-0.2, 0) is 18.9 Å². The summed E-state index contributed by atoms with van der Waals surface area (Å²) in [6.07, 6.45) is 6.37. The van der Waals surface area contributed by atoms with Crippen molar-refractivity contribution >= 4 is 0 Å². The Kier molecular flexibility index (Phi) is 10.1. The van der Waals surface area contributed by atoms with Crippen molar-refractivity contribution in [3.8, 4) is 0 Å². The van der Waals surface area contributed by atoms with Gasteiger partial charge < -0.3 is 18.9 Å². The second kappa shape index (κ2) is 10.5. The highest BCUT2D eigenvalue weighted by Crippen LogP contribution is 2.05. The fourth-order valence-corrected chi connectivity index (χ4v) is 0.978. The van der Waals surface area contributed by atoms with Crippen LogP contribution in [0, 0.1) is 0 Å². The Labute approximate surface area is 85.8 Å². The molecule has 0 saturated heterocycles. The third-order valence-corrected chi connectivity index (χ3v) is 1.71. The molecule has 0 unspecified atom stereocenters. The monoisotopic (exact) mass is 204 g/mol. The summed E-state index contributed by atoms with van der Waals surface area (Å²) in [5, 5.41) is 0. The van der Waals surface area contributed by atoms with Crippen molar-refractivity contribution in [3.63, 3.8) is 0 Å². The van der Waals surface area contributed by atoms with E-state index in [2.05, 4.69) is 0 Å². The largest absolute Gasteiger partial charge is 0.476 e. The minimum Gasteiger partial charge on any atom is -0.476 e. The second-order valence-electron chi connectivity index (χ2n) is 2.78. The van der Waals surface area contributed by atoms with Crippen LogP contribution in [0.3, 0.4) is 0 Å². The molecule has 0 N–H and O–H groups in total. The number of rotatable bonds is 9. The van der Waals surface area contributed by atoms with Crippen LogP contribution in [0.15, 0.2) is 12.3 Å². The lowest BCUT2D eigenvalue weighted by Gasteiger charge is -2.11. The molecule has 0 rings (SSSR count). The third-order valence-electron chi connectivity index (χ3n) is 1.71. The average molecular weight is 204 g/mol. The van der Waals surface area contributed by atoms with Gasteiger partial charge in [-0.2, -0.15) is 0 Å². The smallest absolute Gasteiger partial charge is 0.187 e. The maximum Gasteiger partial charge on any atom is 0.187 e. The topological polar surface area (TPSA) is 36.9 Å². The molecule has 0 aromatic rings. The molecule has 4 nitrogen and oxygen atoms in total. The molecule has 0 spiro atoms. The summed E-state index contributed by atoms with van der Waals surface area (Å²) < 4.78 is 19.8. The molecule has 0 aromatic heterocycles. The molecule has 0 bridgehead atoms. The van der Waals surface area contributed by atoms with Crippen LogP contribution >= 0.6 is 0 Å². The van der Waals surface area contributed by atoms with Crippen LogP contribution in [0.1, 0.15) is 19.3 Å². The van der Waals surface area contributed by atoms with E-state index in [1.807, 2.05) is 6.08 Å². The molecule has 0 aliphatic carbocycles. The summed E-state index contributed by atoms with van der Waals surface area (Å²) in [7, 11) is 4.88. The van der Waals surface area contributed by atoms with Gasteiger partial charge in [-0.05, 0) is 25.3 Å². The van der Waals surface area contributed by atoms with Crippen molar-refractivity contribution < 1.29 is 18.9 Å². The van der Waals surface area contributed by atoms with Gasteiger partial charge in [-0.15, -0.1) is 0 Å². The van der Waals surface area contributed by atoms with Crippen molar-refractivity contribution in [1.29, 1.82) is 0 Å². The summed E-state index contributed by atoms with van der Waals surface area (Å²) in [5.74, 6) is 0. The fraction of sp³-hybridized carbons (Fsp3) is 0.800. The molecule has 0 aromatic carbocycles. The van der Waals surface area contributed by atoms with Crippen molar-refractivity contribution in [2.45, 2.75) is 25.6 Å². The summed E-state index contributed by atoms with van der Waals surface area (Å²) >= 11 is 0. The van der Waals surface area contributed by atoms with Gasteiger partial charge in [-0.1, -0.05) is 0 Å². The zero-order valence-corrected chi connectivity index (χ0v) is 9.19. The van der Waals surface area contributed by atoms with Crippen LogP contribution in [0.2, 0.25) is 0 Å². The van der Waals surface area contributed by atoms with Crippen LogP contribution < -0.4 is 0 Å². The summed E-state index contributed by atoms with van der Waals surface area (Å²) in [5.41, 5.74) is 0. The van der Waals surface area contributed by atoms with Crippen molar-refractivity contribution in [3.05, 3.63) is 12.3 Å². The highest BCUT2D eigenvalue weighted by molar-refractivity contribution is 4.72. The first-order chi connectivity index (χ1) is 6.85. The molecule has 4 heteroatoms. The van der Waals surface area contributed by atoms with Crippen LogP contribution in [0.4, 0.5) is 0 Å². The number of allylic oxidation sites excluding steroid dienone is 1. The van der Waals surface area contributed by atoms with Gasteiger partial charge in [-0.25, -0.2) is 0 Å². The minimum atomic E-state index is -0.0942. The quantitative estimate of drug-likeness (QED) is 0.326. The first-order valence-electron chi connectivity index (χ1n) is 4.66. The summed E-state index contributed by atoms with van der Waals surface area (Å²) in [6.45, 7) is 0.301. The Hall–Kier alpha value is -0.580. The van der Waals surface area contributed by atoms with Gasteiger partial charge in [0, 0.05) is 21.3 Å². The molecule has 84 valence electrons. The van der Waals surface area contributed by atoms with Gasteiger partial charge in [0.05, 0.1) is 6.26 Å². The van der Waals surface area contributed by atoms with Gasteiger partial charge >= 0.3 is 0 Å². The highest BCUT2D eigenvalue weighted by Gasteiger charge is 2.02. The lowest BCUT2D eigenvalue weighted by Crippen LogP contribution is -2.12. The highest BCUT2D eigenvalue weighted by atomic mass is 16.7. The maximum atomic E-state index is 5.05. The van der Waals surface area contributed by atoms with E-state index in [-0.39, 0.29) is 6.29 Å². The van der Waals surface area contributed by atoms with Crippen LogP contribution in [-0.4, -0.2) is 34.4 Å². The molecule has 0 radical (unpaired) electrons. The predicted octanol–water partition coefficient (Wildman–Crippen LogP) is 1.91. The van der Waals surface area contributed by atoms with Crippen LogP contribution in [0.25, 0.3) is 0 Å². The number of hydrogen-bond donors (Lipinski definition) is 0. The molecular weight excluding hydrogens is 184 g/mol. The number of hydrogen-bond acceptors (Lipinski definition) is 4. The number of methoxy groups -OCH3 is 3. The lowest BCUT2D eigenvalue weighted by atomic mass is 10.2. The van der Waals surface area contributed by atoms with E-state index in [1.165, 1.54) is 0 Å². The van der Waals surface area contributed by atoms with Crippen LogP contribution in [0.5, 0.6) is 0 Å². The molecular formula is C10H20O4. The van der Waals surface area contributed by atoms with E-state index in [9.17, 15) is 0 Å². The van der Waals surface area contributed by atoms with E-state index < -0.39 is 0 Å². The standard InChI is InChI=1S/C10H20O4/c1-11-9-14-8-6-4-5-7-10(12-2)13-3/h6,8,10H,4-5,7,9H2,1-3H3. The van der Waals surface area contributed by atoms with Gasteiger partial charge in [0.25, 0.3) is 0 Å². The Morgan fingerprint density at radius 2 is 1.86 bits per heavy atom. The Morgan fingerprint density at radius 1 is 1.14 bits per heavy atom. The zero-order valence-electron chi connectivity index (χ0n) is 9.19. The normalized spacial score (nSPS) is 11.4. The minimum absolute atomic E-state index is 0.0942. The van der Waals surface area contributed by atoms with Crippen molar-refractivity contribution in [2.24, 2.45) is 0 Å². The molecule has 14 heavy (non-hydrogen) atoms. The third kappa shape index (κ3) is 8.04. The van der Waals surface area contributed by atoms with Crippen molar-refractivity contribution in [2.75, 3.05) is 28.1 Å². The van der Waals surface area contributed by atoms with E-state index >= 15 is 0 Å². The second-order valence-corrected chi connectivity index (χ2v) is 2.78. The van der Waals surface area contributed by atoms with Gasteiger partial charge in [-0.3, -0.25) is 0 Å². The Morgan fingerprint density at radius 3 is 2.43 bits per heavy atom.